The Morgan fingerprint density at radius 2 is 2.00 bits per heavy atom. The van der Waals surface area contributed by atoms with Crippen molar-refractivity contribution in [3.63, 3.8) is 0 Å². The Hall–Kier alpha value is -0.330. The van der Waals surface area contributed by atoms with Crippen LogP contribution in [0, 0.1) is 5.41 Å². The van der Waals surface area contributed by atoms with Crippen LogP contribution in [-0.2, 0) is 10.0 Å². The summed E-state index contributed by atoms with van der Waals surface area (Å²) in [6.07, 6.45) is 0.629. The van der Waals surface area contributed by atoms with Gasteiger partial charge >= 0.3 is 0 Å². The number of nitrogens with zero attached hydrogens (tertiary/aromatic N) is 1. The zero-order valence-corrected chi connectivity index (χ0v) is 13.8. The summed E-state index contributed by atoms with van der Waals surface area (Å²) in [4.78, 5) is 0.0536. The van der Waals surface area contributed by atoms with Crippen molar-refractivity contribution in [1.29, 1.82) is 0 Å². The molecule has 0 amide bonds. The van der Waals surface area contributed by atoms with E-state index in [2.05, 4.69) is 0 Å². The lowest BCUT2D eigenvalue weighted by Gasteiger charge is -2.41. The summed E-state index contributed by atoms with van der Waals surface area (Å²) < 4.78 is 26.8. The number of benzene rings is 1. The van der Waals surface area contributed by atoms with Gasteiger partial charge in [0.2, 0.25) is 10.0 Å². The lowest BCUT2D eigenvalue weighted by molar-refractivity contribution is 0.155. The van der Waals surface area contributed by atoms with Crippen molar-refractivity contribution in [3.8, 4) is 0 Å². The van der Waals surface area contributed by atoms with Crippen molar-refractivity contribution in [2.45, 2.75) is 31.2 Å². The average molecular weight is 337 g/mol. The van der Waals surface area contributed by atoms with Crippen LogP contribution in [0.4, 0.5) is 0 Å². The Labute approximate surface area is 129 Å². The molecule has 2 N–H and O–H groups in total. The molecular formula is C13H18Cl2N2O2S. The van der Waals surface area contributed by atoms with Gasteiger partial charge in [-0.25, -0.2) is 8.42 Å². The average Bonchev–Trinajstić information content (AvgIpc) is 2.35. The molecule has 0 saturated carbocycles. The second-order valence-electron chi connectivity index (χ2n) is 5.77. The van der Waals surface area contributed by atoms with Crippen LogP contribution in [0.15, 0.2) is 23.1 Å². The highest BCUT2D eigenvalue weighted by molar-refractivity contribution is 7.89. The molecule has 20 heavy (non-hydrogen) atoms. The van der Waals surface area contributed by atoms with E-state index >= 15 is 0 Å². The molecule has 1 aromatic rings. The summed E-state index contributed by atoms with van der Waals surface area (Å²) in [7, 11) is -3.65. The highest BCUT2D eigenvalue weighted by Crippen LogP contribution is 2.35. The quantitative estimate of drug-likeness (QED) is 0.903. The van der Waals surface area contributed by atoms with Crippen LogP contribution in [0.1, 0.15) is 20.3 Å². The van der Waals surface area contributed by atoms with Gasteiger partial charge in [0.25, 0.3) is 0 Å². The number of halogens is 2. The van der Waals surface area contributed by atoms with E-state index < -0.39 is 10.0 Å². The SMILES string of the molecule is CC1(C)CN(S(=O)(=O)c2cccc(Cl)c2Cl)CCC1N. The van der Waals surface area contributed by atoms with E-state index in [9.17, 15) is 8.42 Å². The predicted molar refractivity (Wildman–Crippen MR) is 81.6 cm³/mol. The molecule has 1 aliphatic rings. The maximum Gasteiger partial charge on any atom is 0.244 e. The molecule has 0 aliphatic carbocycles. The Morgan fingerprint density at radius 1 is 1.35 bits per heavy atom. The number of rotatable bonds is 2. The Kier molecular flexibility index (Phi) is 4.38. The predicted octanol–water partition coefficient (Wildman–Crippen LogP) is 2.74. The Bertz CT molecular complexity index is 617. The second kappa shape index (κ2) is 5.46. The molecular weight excluding hydrogens is 319 g/mol. The topological polar surface area (TPSA) is 63.4 Å². The van der Waals surface area contributed by atoms with Gasteiger partial charge in [-0.15, -0.1) is 0 Å². The molecule has 1 atom stereocenters. The molecule has 1 heterocycles. The molecule has 1 aromatic carbocycles. The number of piperidine rings is 1. The zero-order valence-electron chi connectivity index (χ0n) is 11.4. The summed E-state index contributed by atoms with van der Waals surface area (Å²) in [5, 5.41) is 0.308. The van der Waals surface area contributed by atoms with Crippen LogP contribution in [0.3, 0.4) is 0 Å². The summed E-state index contributed by atoms with van der Waals surface area (Å²) in [6.45, 7) is 4.72. The summed E-state index contributed by atoms with van der Waals surface area (Å²) in [6, 6.07) is 4.62. The number of hydrogen-bond acceptors (Lipinski definition) is 3. The molecule has 1 fully saturated rings. The van der Waals surface area contributed by atoms with E-state index in [1.165, 1.54) is 10.4 Å². The molecule has 4 nitrogen and oxygen atoms in total. The van der Waals surface area contributed by atoms with Gasteiger partial charge in [-0.1, -0.05) is 43.1 Å². The molecule has 0 aromatic heterocycles. The third-order valence-electron chi connectivity index (χ3n) is 3.81. The van der Waals surface area contributed by atoms with E-state index in [4.69, 9.17) is 28.9 Å². The van der Waals surface area contributed by atoms with Crippen LogP contribution < -0.4 is 5.73 Å². The normalized spacial score (nSPS) is 23.8. The van der Waals surface area contributed by atoms with E-state index in [1.807, 2.05) is 13.8 Å². The maximum absolute atomic E-state index is 12.7. The van der Waals surface area contributed by atoms with Gasteiger partial charge in [0.15, 0.2) is 0 Å². The van der Waals surface area contributed by atoms with Crippen molar-refractivity contribution >= 4 is 33.2 Å². The van der Waals surface area contributed by atoms with Crippen molar-refractivity contribution in [2.24, 2.45) is 11.1 Å². The number of sulfonamides is 1. The van der Waals surface area contributed by atoms with Gasteiger partial charge < -0.3 is 5.73 Å². The fourth-order valence-corrected chi connectivity index (χ4v) is 4.71. The summed E-state index contributed by atoms with van der Waals surface area (Å²) in [5.74, 6) is 0. The van der Waals surface area contributed by atoms with E-state index in [0.29, 0.717) is 19.5 Å². The van der Waals surface area contributed by atoms with Crippen molar-refractivity contribution in [2.75, 3.05) is 13.1 Å². The van der Waals surface area contributed by atoms with Crippen LogP contribution in [0.5, 0.6) is 0 Å². The van der Waals surface area contributed by atoms with Gasteiger partial charge in [-0.3, -0.25) is 0 Å². The highest BCUT2D eigenvalue weighted by atomic mass is 35.5. The zero-order chi connectivity index (χ0) is 15.1. The minimum absolute atomic E-state index is 0.0104. The van der Waals surface area contributed by atoms with Crippen molar-refractivity contribution in [1.82, 2.24) is 4.31 Å². The van der Waals surface area contributed by atoms with Gasteiger partial charge in [0.1, 0.15) is 4.90 Å². The first-order valence-electron chi connectivity index (χ1n) is 6.36. The lowest BCUT2D eigenvalue weighted by Crippen LogP contribution is -2.53. The first-order valence-corrected chi connectivity index (χ1v) is 8.55. The van der Waals surface area contributed by atoms with Gasteiger partial charge in [-0.2, -0.15) is 4.31 Å². The van der Waals surface area contributed by atoms with Gasteiger partial charge in [0.05, 0.1) is 10.0 Å². The molecule has 112 valence electrons. The van der Waals surface area contributed by atoms with Crippen LogP contribution in [0.2, 0.25) is 10.0 Å². The van der Waals surface area contributed by atoms with Gasteiger partial charge in [0, 0.05) is 19.1 Å². The molecule has 2 rings (SSSR count). The highest BCUT2D eigenvalue weighted by Gasteiger charge is 2.39. The molecule has 1 unspecified atom stereocenters. The van der Waals surface area contributed by atoms with E-state index in [1.54, 1.807) is 12.1 Å². The summed E-state index contributed by atoms with van der Waals surface area (Å²) in [5.41, 5.74) is 5.77. The molecule has 0 radical (unpaired) electrons. The first kappa shape index (κ1) is 16.0. The monoisotopic (exact) mass is 336 g/mol. The van der Waals surface area contributed by atoms with Crippen molar-refractivity contribution < 1.29 is 8.42 Å². The largest absolute Gasteiger partial charge is 0.327 e. The fourth-order valence-electron chi connectivity index (χ4n) is 2.35. The van der Waals surface area contributed by atoms with Crippen LogP contribution in [0.25, 0.3) is 0 Å². The standard InChI is InChI=1S/C13H18Cl2N2O2S/c1-13(2)8-17(7-6-11(13)16)20(18,19)10-5-3-4-9(14)12(10)15/h3-5,11H,6-8,16H2,1-2H3. The first-order chi connectivity index (χ1) is 9.16. The molecule has 0 bridgehead atoms. The van der Waals surface area contributed by atoms with Gasteiger partial charge in [-0.05, 0) is 24.0 Å². The van der Waals surface area contributed by atoms with E-state index in [0.717, 1.165) is 0 Å². The van der Waals surface area contributed by atoms with Crippen LogP contribution >= 0.6 is 23.2 Å². The number of hydrogen-bond donors (Lipinski definition) is 1. The summed E-state index contributed by atoms with van der Waals surface area (Å²) >= 11 is 11.9. The molecule has 0 spiro atoms. The fraction of sp³-hybridized carbons (Fsp3) is 0.538. The van der Waals surface area contributed by atoms with Crippen LogP contribution in [-0.4, -0.2) is 31.9 Å². The molecule has 1 saturated heterocycles. The molecule has 1 aliphatic heterocycles. The van der Waals surface area contributed by atoms with E-state index in [-0.39, 0.29) is 26.4 Å². The third-order valence-corrected chi connectivity index (χ3v) is 6.63. The third kappa shape index (κ3) is 2.83. The lowest BCUT2D eigenvalue weighted by atomic mass is 9.81. The number of nitrogens with two attached hydrogens (primary N) is 1. The minimum atomic E-state index is -3.65. The molecule has 7 heteroatoms. The Morgan fingerprint density at radius 3 is 2.60 bits per heavy atom. The maximum atomic E-state index is 12.7. The minimum Gasteiger partial charge on any atom is -0.327 e. The smallest absolute Gasteiger partial charge is 0.244 e. The second-order valence-corrected chi connectivity index (χ2v) is 8.47. The Balaban J connectivity index is 2.39. The van der Waals surface area contributed by atoms with Crippen molar-refractivity contribution in [3.05, 3.63) is 28.2 Å².